The summed E-state index contributed by atoms with van der Waals surface area (Å²) in [6, 6.07) is 0.617. The maximum absolute atomic E-state index is 5.80. The number of thiazole rings is 1. The van der Waals surface area contributed by atoms with Crippen molar-refractivity contribution < 1.29 is 0 Å². The van der Waals surface area contributed by atoms with Crippen molar-refractivity contribution in [1.82, 2.24) is 10.3 Å². The highest BCUT2D eigenvalue weighted by Crippen LogP contribution is 2.29. The maximum Gasteiger partial charge on any atom is 0.113 e. The summed E-state index contributed by atoms with van der Waals surface area (Å²) in [6.45, 7) is 3.12. The number of hydrogen-bond acceptors (Lipinski definition) is 3. The van der Waals surface area contributed by atoms with Crippen LogP contribution in [0.15, 0.2) is 6.20 Å². The van der Waals surface area contributed by atoms with E-state index in [1.54, 1.807) is 17.5 Å². The minimum absolute atomic E-state index is 0.617. The van der Waals surface area contributed by atoms with Crippen molar-refractivity contribution in [2.75, 3.05) is 0 Å². The van der Waals surface area contributed by atoms with Crippen LogP contribution in [-0.2, 0) is 6.54 Å². The molecule has 78 valence electrons. The molecule has 1 fully saturated rings. The van der Waals surface area contributed by atoms with E-state index in [4.69, 9.17) is 11.6 Å². The second kappa shape index (κ2) is 4.60. The first kappa shape index (κ1) is 10.4. The van der Waals surface area contributed by atoms with Crippen molar-refractivity contribution in [2.24, 2.45) is 5.92 Å². The van der Waals surface area contributed by atoms with Crippen LogP contribution in [-0.4, -0.2) is 11.0 Å². The lowest BCUT2D eigenvalue weighted by atomic mass is 9.80. The first-order chi connectivity index (χ1) is 6.75. The molecule has 0 radical (unpaired) electrons. The minimum atomic E-state index is 0.617. The third-order valence-electron chi connectivity index (χ3n) is 2.96. The van der Waals surface area contributed by atoms with Crippen LogP contribution in [0.4, 0.5) is 0 Å². The predicted molar refractivity (Wildman–Crippen MR) is 60.8 cm³/mol. The fourth-order valence-electron chi connectivity index (χ4n) is 1.72. The summed E-state index contributed by atoms with van der Waals surface area (Å²) >= 11 is 7.36. The zero-order valence-electron chi connectivity index (χ0n) is 8.29. The lowest BCUT2D eigenvalue weighted by molar-refractivity contribution is 0.240. The van der Waals surface area contributed by atoms with Crippen LogP contribution in [0.1, 0.15) is 31.2 Å². The number of halogens is 1. The molecule has 0 aromatic carbocycles. The summed E-state index contributed by atoms with van der Waals surface area (Å²) in [5, 5.41) is 4.59. The topological polar surface area (TPSA) is 24.9 Å². The number of nitrogens with one attached hydrogen (secondary N) is 1. The second-order valence-electron chi connectivity index (χ2n) is 3.92. The van der Waals surface area contributed by atoms with Gasteiger partial charge in [-0.1, -0.05) is 18.0 Å². The smallest absolute Gasteiger partial charge is 0.113 e. The molecule has 1 aromatic heterocycles. The summed E-state index contributed by atoms with van der Waals surface area (Å²) in [4.78, 5) is 4.21. The fraction of sp³-hybridized carbons (Fsp3) is 0.700. The van der Waals surface area contributed by atoms with Gasteiger partial charge in [0, 0.05) is 12.6 Å². The number of hydrogen-bond donors (Lipinski definition) is 1. The van der Waals surface area contributed by atoms with Gasteiger partial charge in [-0.3, -0.25) is 0 Å². The van der Waals surface area contributed by atoms with Gasteiger partial charge in [0.1, 0.15) is 9.34 Å². The first-order valence-electron chi connectivity index (χ1n) is 5.09. The standard InChI is InChI=1S/C10H15ClN2S/c1-7(8-3-2-4-8)12-6-10-13-5-9(11)14-10/h5,7-8,12H,2-4,6H2,1H3. The average Bonchev–Trinajstić information content (AvgIpc) is 2.45. The summed E-state index contributed by atoms with van der Waals surface area (Å²) in [5.41, 5.74) is 0. The quantitative estimate of drug-likeness (QED) is 0.860. The van der Waals surface area contributed by atoms with E-state index < -0.39 is 0 Å². The normalized spacial score (nSPS) is 19.3. The van der Waals surface area contributed by atoms with Gasteiger partial charge in [-0.2, -0.15) is 0 Å². The van der Waals surface area contributed by atoms with E-state index in [0.29, 0.717) is 6.04 Å². The molecule has 0 spiro atoms. The van der Waals surface area contributed by atoms with Gasteiger partial charge in [0.2, 0.25) is 0 Å². The molecule has 1 aliphatic rings. The van der Waals surface area contributed by atoms with Crippen LogP contribution in [0, 0.1) is 5.92 Å². The van der Waals surface area contributed by atoms with Gasteiger partial charge in [-0.05, 0) is 25.7 Å². The van der Waals surface area contributed by atoms with Crippen LogP contribution in [0.5, 0.6) is 0 Å². The Morgan fingerprint density at radius 1 is 1.71 bits per heavy atom. The molecule has 1 saturated carbocycles. The van der Waals surface area contributed by atoms with Crippen molar-refractivity contribution in [3.05, 3.63) is 15.5 Å². The Hall–Kier alpha value is -0.120. The lowest BCUT2D eigenvalue weighted by Crippen LogP contribution is -2.36. The first-order valence-corrected chi connectivity index (χ1v) is 6.29. The number of aromatic nitrogens is 1. The molecule has 1 aromatic rings. The van der Waals surface area contributed by atoms with Gasteiger partial charge in [0.05, 0.1) is 6.20 Å². The van der Waals surface area contributed by atoms with E-state index in [-0.39, 0.29) is 0 Å². The van der Waals surface area contributed by atoms with Crippen LogP contribution in [0.3, 0.4) is 0 Å². The molecule has 1 aliphatic carbocycles. The van der Waals surface area contributed by atoms with Crippen molar-refractivity contribution in [1.29, 1.82) is 0 Å². The van der Waals surface area contributed by atoms with Gasteiger partial charge < -0.3 is 5.32 Å². The third kappa shape index (κ3) is 2.47. The Morgan fingerprint density at radius 2 is 2.50 bits per heavy atom. The summed E-state index contributed by atoms with van der Waals surface area (Å²) < 4.78 is 0.776. The van der Waals surface area contributed by atoms with Crippen LogP contribution >= 0.6 is 22.9 Å². The van der Waals surface area contributed by atoms with Crippen LogP contribution in [0.25, 0.3) is 0 Å². The highest BCUT2D eigenvalue weighted by Gasteiger charge is 2.23. The van der Waals surface area contributed by atoms with Crippen molar-refractivity contribution in [3.8, 4) is 0 Å². The molecule has 2 rings (SSSR count). The van der Waals surface area contributed by atoms with Gasteiger partial charge >= 0.3 is 0 Å². The van der Waals surface area contributed by atoms with Crippen molar-refractivity contribution in [3.63, 3.8) is 0 Å². The Morgan fingerprint density at radius 3 is 3.00 bits per heavy atom. The Kier molecular flexibility index (Phi) is 3.42. The maximum atomic E-state index is 5.80. The number of rotatable bonds is 4. The second-order valence-corrected chi connectivity index (χ2v) is 5.67. The minimum Gasteiger partial charge on any atom is -0.308 e. The van der Waals surface area contributed by atoms with E-state index in [1.165, 1.54) is 19.3 Å². The predicted octanol–water partition coefficient (Wildman–Crippen LogP) is 3.07. The van der Waals surface area contributed by atoms with E-state index in [9.17, 15) is 0 Å². The Balaban J connectivity index is 1.76. The molecule has 0 amide bonds. The molecule has 0 bridgehead atoms. The van der Waals surface area contributed by atoms with Crippen molar-refractivity contribution >= 4 is 22.9 Å². The molecule has 1 atom stereocenters. The summed E-state index contributed by atoms with van der Waals surface area (Å²) in [5.74, 6) is 0.880. The highest BCUT2D eigenvalue weighted by molar-refractivity contribution is 7.15. The molecule has 0 saturated heterocycles. The molecule has 1 N–H and O–H groups in total. The van der Waals surface area contributed by atoms with E-state index in [1.807, 2.05) is 0 Å². The van der Waals surface area contributed by atoms with Crippen LogP contribution in [0.2, 0.25) is 4.34 Å². The fourth-order valence-corrected chi connectivity index (χ4v) is 2.63. The summed E-state index contributed by atoms with van der Waals surface area (Å²) in [7, 11) is 0. The van der Waals surface area contributed by atoms with Gasteiger partial charge in [0.15, 0.2) is 0 Å². The SMILES string of the molecule is CC(NCc1ncc(Cl)s1)C1CCC1. The lowest BCUT2D eigenvalue weighted by Gasteiger charge is -2.31. The molecule has 1 heterocycles. The summed E-state index contributed by atoms with van der Waals surface area (Å²) in [6.07, 6.45) is 5.89. The van der Waals surface area contributed by atoms with Gasteiger partial charge in [-0.15, -0.1) is 11.3 Å². The zero-order valence-corrected chi connectivity index (χ0v) is 9.87. The van der Waals surface area contributed by atoms with Crippen LogP contribution < -0.4 is 5.32 Å². The largest absolute Gasteiger partial charge is 0.308 e. The highest BCUT2D eigenvalue weighted by atomic mass is 35.5. The molecule has 1 unspecified atom stereocenters. The third-order valence-corrected chi connectivity index (χ3v) is 4.07. The van der Waals surface area contributed by atoms with Crippen molar-refractivity contribution in [2.45, 2.75) is 38.8 Å². The molecule has 14 heavy (non-hydrogen) atoms. The monoisotopic (exact) mass is 230 g/mol. The zero-order chi connectivity index (χ0) is 9.97. The Labute approximate surface area is 93.7 Å². The molecule has 2 nitrogen and oxygen atoms in total. The average molecular weight is 231 g/mol. The molecule has 4 heteroatoms. The van der Waals surface area contributed by atoms with Gasteiger partial charge in [0.25, 0.3) is 0 Å². The molecular weight excluding hydrogens is 216 g/mol. The Bertz CT molecular complexity index is 296. The van der Waals surface area contributed by atoms with Gasteiger partial charge in [-0.25, -0.2) is 4.98 Å². The molecule has 0 aliphatic heterocycles. The van der Waals surface area contributed by atoms with E-state index >= 15 is 0 Å². The molecular formula is C10H15ClN2S. The van der Waals surface area contributed by atoms with E-state index in [2.05, 4.69) is 17.2 Å². The number of nitrogens with zero attached hydrogens (tertiary/aromatic N) is 1. The van der Waals surface area contributed by atoms with E-state index in [0.717, 1.165) is 21.8 Å².